The van der Waals surface area contributed by atoms with Gasteiger partial charge >= 0.3 is 12.2 Å². The van der Waals surface area contributed by atoms with Crippen LogP contribution in [-0.2, 0) is 9.78 Å². The van der Waals surface area contributed by atoms with E-state index < -0.39 is 12.2 Å². The molecule has 2 amide bonds. The molecule has 6 heteroatoms. The van der Waals surface area contributed by atoms with E-state index in [1.54, 1.807) is 0 Å². The second-order valence-corrected chi connectivity index (χ2v) is 5.24. The molecule has 0 unspecified atom stereocenters. The standard InChI is InChI=1S/C15H30N2O4/c1-2-3-4-5-6-7-8-9-10-11-12-13-17-15(19)21-20-14(16)18/h2-13H2,1H3,(H2,16,18)(H,17,19). The first-order chi connectivity index (χ1) is 10.2. The van der Waals surface area contributed by atoms with E-state index in [1.165, 1.54) is 57.8 Å². The van der Waals surface area contributed by atoms with Crippen LogP contribution in [0.15, 0.2) is 0 Å². The predicted molar refractivity (Wildman–Crippen MR) is 81.6 cm³/mol. The second-order valence-electron chi connectivity index (χ2n) is 5.24. The normalized spacial score (nSPS) is 10.1. The molecule has 0 aliphatic heterocycles. The Kier molecular flexibility index (Phi) is 13.9. The number of carbonyl (C=O) groups excluding carboxylic acids is 2. The smallest absolute Gasteiger partial charge is 0.332 e. The molecule has 0 saturated heterocycles. The molecule has 6 nitrogen and oxygen atoms in total. The van der Waals surface area contributed by atoms with E-state index in [2.05, 4.69) is 27.7 Å². The third kappa shape index (κ3) is 16.5. The molecule has 0 saturated carbocycles. The summed E-state index contributed by atoms with van der Waals surface area (Å²) in [6.45, 7) is 2.75. The molecule has 3 N–H and O–H groups in total. The SMILES string of the molecule is CCCCCCCCCCCCCNC(=O)OOC(N)=O. The summed E-state index contributed by atoms with van der Waals surface area (Å²) in [5, 5.41) is 2.47. The third-order valence-corrected chi connectivity index (χ3v) is 3.25. The number of hydrogen-bond acceptors (Lipinski definition) is 4. The van der Waals surface area contributed by atoms with Crippen molar-refractivity contribution in [2.45, 2.75) is 77.6 Å². The molecule has 0 aromatic heterocycles. The Morgan fingerprint density at radius 1 is 0.810 bits per heavy atom. The van der Waals surface area contributed by atoms with Crippen LogP contribution < -0.4 is 11.1 Å². The Bertz CT molecular complexity index is 272. The van der Waals surface area contributed by atoms with Crippen molar-refractivity contribution in [1.82, 2.24) is 5.32 Å². The highest BCUT2D eigenvalue weighted by atomic mass is 17.2. The molecule has 0 aliphatic carbocycles. The zero-order valence-electron chi connectivity index (χ0n) is 13.2. The lowest BCUT2D eigenvalue weighted by Gasteiger charge is -2.04. The third-order valence-electron chi connectivity index (χ3n) is 3.25. The minimum atomic E-state index is -1.14. The van der Waals surface area contributed by atoms with Crippen LogP contribution in [0.1, 0.15) is 77.6 Å². The van der Waals surface area contributed by atoms with Crippen molar-refractivity contribution in [2.24, 2.45) is 5.73 Å². The van der Waals surface area contributed by atoms with Gasteiger partial charge in [0.05, 0.1) is 0 Å². The second kappa shape index (κ2) is 14.9. The monoisotopic (exact) mass is 302 g/mol. The van der Waals surface area contributed by atoms with Crippen LogP contribution in [0, 0.1) is 0 Å². The first-order valence-electron chi connectivity index (χ1n) is 8.08. The molecule has 0 atom stereocenters. The van der Waals surface area contributed by atoms with Gasteiger partial charge in [0.15, 0.2) is 0 Å². The Morgan fingerprint density at radius 3 is 1.76 bits per heavy atom. The summed E-state index contributed by atoms with van der Waals surface area (Å²) in [7, 11) is 0. The van der Waals surface area contributed by atoms with Gasteiger partial charge in [-0.1, -0.05) is 71.1 Å². The molecule has 0 fully saturated rings. The highest BCUT2D eigenvalue weighted by Gasteiger charge is 2.04. The van der Waals surface area contributed by atoms with Gasteiger partial charge in [0.25, 0.3) is 0 Å². The average molecular weight is 302 g/mol. The molecule has 0 spiro atoms. The number of nitrogens with one attached hydrogen (secondary N) is 1. The molecule has 21 heavy (non-hydrogen) atoms. The molecular weight excluding hydrogens is 272 g/mol. The van der Waals surface area contributed by atoms with E-state index in [9.17, 15) is 9.59 Å². The van der Waals surface area contributed by atoms with Crippen LogP contribution >= 0.6 is 0 Å². The van der Waals surface area contributed by atoms with Gasteiger partial charge in [0.1, 0.15) is 0 Å². The highest BCUT2D eigenvalue weighted by molar-refractivity contribution is 5.69. The van der Waals surface area contributed by atoms with Crippen LogP contribution in [0.4, 0.5) is 9.59 Å². The fourth-order valence-corrected chi connectivity index (χ4v) is 2.09. The van der Waals surface area contributed by atoms with E-state index in [-0.39, 0.29) is 0 Å². The van der Waals surface area contributed by atoms with E-state index >= 15 is 0 Å². The fourth-order valence-electron chi connectivity index (χ4n) is 2.09. The molecule has 0 rings (SSSR count). The number of rotatable bonds is 12. The number of amides is 2. The zero-order chi connectivity index (χ0) is 15.8. The van der Waals surface area contributed by atoms with Crippen molar-refractivity contribution < 1.29 is 19.4 Å². The quantitative estimate of drug-likeness (QED) is 0.323. The number of hydrogen-bond donors (Lipinski definition) is 2. The van der Waals surface area contributed by atoms with Gasteiger partial charge in [0, 0.05) is 6.54 Å². The van der Waals surface area contributed by atoms with Crippen molar-refractivity contribution >= 4 is 12.2 Å². The van der Waals surface area contributed by atoms with Crippen LogP contribution in [0.3, 0.4) is 0 Å². The summed E-state index contributed by atoms with van der Waals surface area (Å²) in [6.07, 6.45) is 11.9. The summed E-state index contributed by atoms with van der Waals surface area (Å²) in [4.78, 5) is 29.1. The van der Waals surface area contributed by atoms with Gasteiger partial charge < -0.3 is 11.1 Å². The summed E-state index contributed by atoms with van der Waals surface area (Å²) >= 11 is 0. The molecule has 124 valence electrons. The molecule has 0 radical (unpaired) electrons. The summed E-state index contributed by atoms with van der Waals surface area (Å²) in [6, 6.07) is 0. The minimum absolute atomic E-state index is 0.512. The van der Waals surface area contributed by atoms with Crippen LogP contribution in [0.25, 0.3) is 0 Å². The first kappa shape index (κ1) is 19.5. The summed E-state index contributed by atoms with van der Waals surface area (Å²) < 4.78 is 0. The Hall–Kier alpha value is -1.46. The highest BCUT2D eigenvalue weighted by Crippen LogP contribution is 2.10. The fraction of sp³-hybridized carbons (Fsp3) is 0.867. The lowest BCUT2D eigenvalue weighted by atomic mass is 10.1. The van der Waals surface area contributed by atoms with Gasteiger partial charge in [-0.3, -0.25) is 0 Å². The maximum absolute atomic E-state index is 11.0. The van der Waals surface area contributed by atoms with Crippen molar-refractivity contribution in [3.63, 3.8) is 0 Å². The lowest BCUT2D eigenvalue weighted by Crippen LogP contribution is -2.27. The molecule has 0 heterocycles. The zero-order valence-corrected chi connectivity index (χ0v) is 13.2. The van der Waals surface area contributed by atoms with E-state index in [4.69, 9.17) is 0 Å². The topological polar surface area (TPSA) is 90.7 Å². The minimum Gasteiger partial charge on any atom is -0.332 e. The van der Waals surface area contributed by atoms with Gasteiger partial charge in [0.2, 0.25) is 0 Å². The van der Waals surface area contributed by atoms with Crippen molar-refractivity contribution in [3.8, 4) is 0 Å². The number of carbonyl (C=O) groups is 2. The Morgan fingerprint density at radius 2 is 1.29 bits per heavy atom. The molecular formula is C15H30N2O4. The van der Waals surface area contributed by atoms with Gasteiger partial charge in [-0.15, -0.1) is 0 Å². The van der Waals surface area contributed by atoms with E-state index in [0.717, 1.165) is 12.8 Å². The van der Waals surface area contributed by atoms with Crippen LogP contribution in [0.5, 0.6) is 0 Å². The summed E-state index contributed by atoms with van der Waals surface area (Å²) in [5.41, 5.74) is 4.64. The van der Waals surface area contributed by atoms with Crippen LogP contribution in [-0.4, -0.2) is 18.7 Å². The van der Waals surface area contributed by atoms with Crippen molar-refractivity contribution in [1.29, 1.82) is 0 Å². The van der Waals surface area contributed by atoms with Gasteiger partial charge in [-0.25, -0.2) is 19.4 Å². The van der Waals surface area contributed by atoms with Crippen molar-refractivity contribution in [3.05, 3.63) is 0 Å². The average Bonchev–Trinajstić information content (AvgIpc) is 2.46. The maximum atomic E-state index is 11.0. The largest absolute Gasteiger partial charge is 0.450 e. The maximum Gasteiger partial charge on any atom is 0.450 e. The van der Waals surface area contributed by atoms with Gasteiger partial charge in [-0.05, 0) is 6.42 Å². The number of nitrogens with two attached hydrogens (primary N) is 1. The Balaban J connectivity index is 3.12. The van der Waals surface area contributed by atoms with Gasteiger partial charge in [-0.2, -0.15) is 0 Å². The predicted octanol–water partition coefficient (Wildman–Crippen LogP) is 4.03. The molecule has 0 aromatic rings. The summed E-state index contributed by atoms with van der Waals surface area (Å²) in [5.74, 6) is 0. The number of unbranched alkanes of at least 4 members (excludes halogenated alkanes) is 10. The molecule has 0 aromatic carbocycles. The van der Waals surface area contributed by atoms with Crippen LogP contribution in [0.2, 0.25) is 0 Å². The Labute approximate surface area is 127 Å². The molecule has 0 bridgehead atoms. The number of primary amides is 1. The first-order valence-corrected chi connectivity index (χ1v) is 8.08. The lowest BCUT2D eigenvalue weighted by molar-refractivity contribution is -0.175. The van der Waals surface area contributed by atoms with E-state index in [1.807, 2.05) is 0 Å². The molecule has 0 aliphatic rings. The van der Waals surface area contributed by atoms with E-state index in [0.29, 0.717) is 6.54 Å². The van der Waals surface area contributed by atoms with Crippen molar-refractivity contribution in [2.75, 3.05) is 6.54 Å².